The number of rotatable bonds is 7. The Hall–Kier alpha value is -2.32. The van der Waals surface area contributed by atoms with Gasteiger partial charge in [0.15, 0.2) is 0 Å². The Morgan fingerprint density at radius 2 is 1.71 bits per heavy atom. The molecule has 1 saturated carbocycles. The van der Waals surface area contributed by atoms with Gasteiger partial charge in [-0.25, -0.2) is 8.78 Å². The van der Waals surface area contributed by atoms with Crippen molar-refractivity contribution in [1.29, 1.82) is 0 Å². The molecule has 0 aromatic heterocycles. The topological polar surface area (TPSA) is 66.6 Å². The minimum atomic E-state index is -1.28. The number of hydrogen-bond acceptors (Lipinski definition) is 3. The molecule has 0 radical (unpaired) electrons. The number of amides is 2. The molecule has 3 saturated heterocycles. The van der Waals surface area contributed by atoms with Crippen LogP contribution in [0.15, 0.2) is 46.9 Å². The summed E-state index contributed by atoms with van der Waals surface area (Å²) in [5, 5.41) is 0. The van der Waals surface area contributed by atoms with E-state index in [0.717, 1.165) is 36.0 Å². The summed E-state index contributed by atoms with van der Waals surface area (Å²) in [6, 6.07) is 10.1. The molecule has 2 N–H and O–H groups in total. The number of primary amides is 1. The molecule has 4 fully saturated rings. The molecule has 3 aliphatic heterocycles. The highest BCUT2D eigenvalue weighted by Gasteiger charge is 2.59. The average Bonchev–Trinajstić information content (AvgIpc) is 3.62. The predicted molar refractivity (Wildman–Crippen MR) is 128 cm³/mol. The van der Waals surface area contributed by atoms with Crippen LogP contribution in [0.5, 0.6) is 0 Å². The van der Waals surface area contributed by atoms with E-state index in [9.17, 15) is 18.4 Å². The van der Waals surface area contributed by atoms with Crippen LogP contribution >= 0.6 is 15.9 Å². The lowest BCUT2D eigenvalue weighted by Gasteiger charge is -2.51. The number of hydrogen-bond donors (Lipinski definition) is 1. The monoisotopic (exact) mass is 531 g/mol. The van der Waals surface area contributed by atoms with E-state index in [1.165, 1.54) is 18.2 Å². The number of fused-ring (bicyclic) bond motifs is 3. The molecule has 2 aromatic rings. The van der Waals surface area contributed by atoms with Gasteiger partial charge in [-0.15, -0.1) is 0 Å². The van der Waals surface area contributed by atoms with E-state index in [1.54, 1.807) is 4.90 Å². The van der Waals surface area contributed by atoms with Gasteiger partial charge in [0.05, 0.1) is 5.41 Å². The third kappa shape index (κ3) is 4.15. The van der Waals surface area contributed by atoms with Crippen LogP contribution in [-0.4, -0.2) is 53.3 Å². The first-order valence-corrected chi connectivity index (χ1v) is 12.6. The van der Waals surface area contributed by atoms with Crippen LogP contribution in [0.25, 0.3) is 0 Å². The molecule has 5 nitrogen and oxygen atoms in total. The Balaban J connectivity index is 1.56. The molecule has 34 heavy (non-hydrogen) atoms. The van der Waals surface area contributed by atoms with Crippen molar-refractivity contribution in [3.05, 3.63) is 69.7 Å². The zero-order valence-corrected chi connectivity index (χ0v) is 20.4. The van der Waals surface area contributed by atoms with E-state index >= 15 is 0 Å². The van der Waals surface area contributed by atoms with Crippen molar-refractivity contribution in [2.45, 2.75) is 49.6 Å². The number of halogens is 3. The summed E-state index contributed by atoms with van der Waals surface area (Å²) in [6.07, 6.45) is 2.82. The second-order valence-electron chi connectivity index (χ2n) is 9.85. The van der Waals surface area contributed by atoms with Crippen molar-refractivity contribution in [2.24, 2.45) is 11.7 Å². The lowest BCUT2D eigenvalue weighted by atomic mass is 9.80. The van der Waals surface area contributed by atoms with Gasteiger partial charge in [0, 0.05) is 29.0 Å². The Bertz CT molecular complexity index is 1080. The van der Waals surface area contributed by atoms with Gasteiger partial charge in [0.25, 0.3) is 0 Å². The Morgan fingerprint density at radius 1 is 1.09 bits per heavy atom. The van der Waals surface area contributed by atoms with Crippen molar-refractivity contribution >= 4 is 27.7 Å². The van der Waals surface area contributed by atoms with E-state index in [1.807, 2.05) is 24.3 Å². The third-order valence-corrected chi connectivity index (χ3v) is 8.35. The second kappa shape index (κ2) is 9.04. The number of carbonyl (C=O) groups is 2. The molecule has 1 aliphatic carbocycles. The summed E-state index contributed by atoms with van der Waals surface area (Å²) in [4.78, 5) is 31.0. The lowest BCUT2D eigenvalue weighted by molar-refractivity contribution is -0.149. The van der Waals surface area contributed by atoms with Crippen LogP contribution in [0.4, 0.5) is 8.78 Å². The van der Waals surface area contributed by atoms with E-state index in [0.29, 0.717) is 19.4 Å². The van der Waals surface area contributed by atoms with Gasteiger partial charge >= 0.3 is 0 Å². The maximum absolute atomic E-state index is 14.8. The van der Waals surface area contributed by atoms with Crippen molar-refractivity contribution < 1.29 is 18.4 Å². The fraction of sp³-hybridized carbons (Fsp3) is 0.462. The van der Waals surface area contributed by atoms with Crippen LogP contribution in [0.3, 0.4) is 0 Å². The average molecular weight is 532 g/mol. The molecular weight excluding hydrogens is 504 g/mol. The minimum absolute atomic E-state index is 0.182. The molecule has 0 spiro atoms. The van der Waals surface area contributed by atoms with Crippen molar-refractivity contribution in [3.63, 3.8) is 0 Å². The van der Waals surface area contributed by atoms with Crippen LogP contribution in [-0.2, 0) is 21.4 Å². The zero-order valence-electron chi connectivity index (χ0n) is 18.9. The molecule has 2 atom stereocenters. The molecule has 2 amide bonds. The summed E-state index contributed by atoms with van der Waals surface area (Å²) in [7, 11) is 0. The van der Waals surface area contributed by atoms with Crippen LogP contribution in [0.1, 0.15) is 36.8 Å². The maximum Gasteiger partial charge on any atom is 0.240 e. The van der Waals surface area contributed by atoms with E-state index < -0.39 is 29.0 Å². The van der Waals surface area contributed by atoms with E-state index in [-0.39, 0.29) is 29.9 Å². The first-order chi connectivity index (χ1) is 16.3. The number of piperidine rings is 3. The summed E-state index contributed by atoms with van der Waals surface area (Å²) in [5.41, 5.74) is 5.32. The summed E-state index contributed by atoms with van der Waals surface area (Å²) < 4.78 is 30.6. The molecule has 180 valence electrons. The fourth-order valence-electron chi connectivity index (χ4n) is 5.85. The van der Waals surface area contributed by atoms with Crippen LogP contribution in [0, 0.1) is 17.6 Å². The summed E-state index contributed by atoms with van der Waals surface area (Å²) in [6.45, 7) is 2.57. The SMILES string of the molecule is NC(=O)[C@H](Cc1ccc(Br)cc1)N(C(=O)C1(c2c(F)cccc2F)CC1)[C@@H]1CN2CCC1CC2. The Kier molecular flexibility index (Phi) is 6.23. The van der Waals surface area contributed by atoms with Gasteiger partial charge in [-0.1, -0.05) is 34.1 Å². The highest BCUT2D eigenvalue weighted by molar-refractivity contribution is 9.10. The Morgan fingerprint density at radius 3 is 2.21 bits per heavy atom. The number of nitrogens with zero attached hydrogens (tertiary/aromatic N) is 2. The normalized spacial score (nSPS) is 25.6. The molecule has 2 aromatic carbocycles. The fourth-order valence-corrected chi connectivity index (χ4v) is 6.11. The van der Waals surface area contributed by atoms with E-state index in [4.69, 9.17) is 5.73 Å². The number of carbonyl (C=O) groups excluding carboxylic acids is 2. The van der Waals surface area contributed by atoms with Crippen LogP contribution < -0.4 is 5.73 Å². The smallest absolute Gasteiger partial charge is 0.240 e. The molecular formula is C26H28BrF2N3O2. The largest absolute Gasteiger partial charge is 0.368 e. The Labute approximate surface area is 206 Å². The molecule has 2 bridgehead atoms. The number of benzene rings is 2. The van der Waals surface area contributed by atoms with Gasteiger partial charge in [0.2, 0.25) is 11.8 Å². The highest BCUT2D eigenvalue weighted by atomic mass is 79.9. The zero-order chi connectivity index (χ0) is 24.0. The van der Waals surface area contributed by atoms with Crippen molar-refractivity contribution in [2.75, 3.05) is 19.6 Å². The lowest BCUT2D eigenvalue weighted by Crippen LogP contribution is -2.65. The quantitative estimate of drug-likeness (QED) is 0.591. The highest BCUT2D eigenvalue weighted by Crippen LogP contribution is 2.52. The third-order valence-electron chi connectivity index (χ3n) is 7.82. The standard InChI is InChI=1S/C26H28BrF2N3O2/c27-18-6-4-16(5-7-18)14-21(24(30)33)32(22-15-31-12-8-17(22)9-13-31)25(34)26(10-11-26)23-19(28)2-1-3-20(23)29/h1-7,17,21-22H,8-15H2,(H2,30,33)/t21-,22+/m0/s1. The van der Waals surface area contributed by atoms with Gasteiger partial charge in [-0.2, -0.15) is 0 Å². The molecule has 0 unspecified atom stereocenters. The first kappa shape index (κ1) is 23.4. The molecule has 3 heterocycles. The van der Waals surface area contributed by atoms with Gasteiger partial charge < -0.3 is 15.5 Å². The molecule has 4 aliphatic rings. The minimum Gasteiger partial charge on any atom is -0.368 e. The summed E-state index contributed by atoms with van der Waals surface area (Å²) in [5.74, 6) is -2.18. The maximum atomic E-state index is 14.8. The van der Waals surface area contributed by atoms with Gasteiger partial charge in [-0.05, 0) is 74.5 Å². The number of nitrogens with two attached hydrogens (primary N) is 1. The molecule has 8 heteroatoms. The van der Waals surface area contributed by atoms with Gasteiger partial charge in [-0.3, -0.25) is 9.59 Å². The first-order valence-electron chi connectivity index (χ1n) is 11.8. The predicted octanol–water partition coefficient (Wildman–Crippen LogP) is 3.78. The molecule has 6 rings (SSSR count). The second-order valence-corrected chi connectivity index (χ2v) is 10.8. The van der Waals surface area contributed by atoms with Crippen molar-refractivity contribution in [3.8, 4) is 0 Å². The van der Waals surface area contributed by atoms with Crippen LogP contribution in [0.2, 0.25) is 0 Å². The van der Waals surface area contributed by atoms with Crippen molar-refractivity contribution in [1.82, 2.24) is 9.80 Å². The van der Waals surface area contributed by atoms with Gasteiger partial charge in [0.1, 0.15) is 17.7 Å². The van der Waals surface area contributed by atoms with E-state index in [2.05, 4.69) is 20.8 Å². The summed E-state index contributed by atoms with van der Waals surface area (Å²) >= 11 is 3.42.